The number of hydrogen-bond acceptors (Lipinski definition) is 4. The average Bonchev–Trinajstić information content (AvgIpc) is 2.65. The van der Waals surface area contributed by atoms with E-state index >= 15 is 0 Å². The van der Waals surface area contributed by atoms with Crippen molar-refractivity contribution >= 4 is 17.9 Å². The number of ketones is 2. The molecule has 132 valence electrons. The standard InChI is InChI=1S/C22H20O4/c1-22(2,14-23)17-13-18(24)16-9-6-10-19(20(16)21(17)25)26-12-11-15-7-4-3-5-8-15/h3-10,13-14H,11-12H2,1-2H3. The molecule has 1 aliphatic carbocycles. The van der Waals surface area contributed by atoms with E-state index in [-0.39, 0.29) is 22.7 Å². The van der Waals surface area contributed by atoms with Gasteiger partial charge < -0.3 is 9.53 Å². The first-order chi connectivity index (χ1) is 12.4. The molecule has 2 aromatic rings. The minimum absolute atomic E-state index is 0.198. The van der Waals surface area contributed by atoms with E-state index in [1.165, 1.54) is 6.08 Å². The Bertz CT molecular complexity index is 892. The van der Waals surface area contributed by atoms with E-state index in [9.17, 15) is 14.4 Å². The molecule has 1 aliphatic rings. The second-order valence-electron chi connectivity index (χ2n) is 6.85. The van der Waals surface area contributed by atoms with Gasteiger partial charge in [-0.3, -0.25) is 9.59 Å². The van der Waals surface area contributed by atoms with Gasteiger partial charge in [0, 0.05) is 23.0 Å². The van der Waals surface area contributed by atoms with Crippen LogP contribution in [-0.4, -0.2) is 24.5 Å². The van der Waals surface area contributed by atoms with E-state index in [0.29, 0.717) is 30.6 Å². The zero-order valence-corrected chi connectivity index (χ0v) is 14.8. The Labute approximate surface area is 152 Å². The van der Waals surface area contributed by atoms with Crippen molar-refractivity contribution in [1.29, 1.82) is 0 Å². The average molecular weight is 348 g/mol. The molecule has 0 N–H and O–H groups in total. The predicted octanol–water partition coefficient (Wildman–Crippen LogP) is 3.84. The molecular weight excluding hydrogens is 328 g/mol. The van der Waals surface area contributed by atoms with Gasteiger partial charge in [0.15, 0.2) is 11.6 Å². The lowest BCUT2D eigenvalue weighted by Crippen LogP contribution is -2.29. The summed E-state index contributed by atoms with van der Waals surface area (Å²) in [6.45, 7) is 3.64. The zero-order valence-electron chi connectivity index (χ0n) is 14.8. The van der Waals surface area contributed by atoms with E-state index in [1.807, 2.05) is 30.3 Å². The van der Waals surface area contributed by atoms with E-state index in [1.54, 1.807) is 32.0 Å². The predicted molar refractivity (Wildman–Crippen MR) is 98.7 cm³/mol. The quantitative estimate of drug-likeness (QED) is 0.744. The second kappa shape index (κ2) is 7.08. The number of carbonyl (C=O) groups is 3. The molecule has 4 heteroatoms. The highest BCUT2D eigenvalue weighted by Crippen LogP contribution is 2.36. The molecule has 2 aromatic carbocycles. The molecule has 26 heavy (non-hydrogen) atoms. The third kappa shape index (κ3) is 3.36. The van der Waals surface area contributed by atoms with Crippen LogP contribution in [-0.2, 0) is 11.2 Å². The van der Waals surface area contributed by atoms with Crippen LogP contribution in [0.3, 0.4) is 0 Å². The molecule has 0 bridgehead atoms. The summed E-state index contributed by atoms with van der Waals surface area (Å²) in [5, 5.41) is 0. The summed E-state index contributed by atoms with van der Waals surface area (Å²) in [5.41, 5.74) is 0.865. The van der Waals surface area contributed by atoms with E-state index < -0.39 is 5.41 Å². The number of rotatable bonds is 6. The smallest absolute Gasteiger partial charge is 0.194 e. The van der Waals surface area contributed by atoms with E-state index in [2.05, 4.69) is 0 Å². The van der Waals surface area contributed by atoms with Gasteiger partial charge in [-0.15, -0.1) is 0 Å². The minimum atomic E-state index is -1.03. The summed E-state index contributed by atoms with van der Waals surface area (Å²) < 4.78 is 5.83. The molecule has 3 rings (SSSR count). The van der Waals surface area contributed by atoms with Gasteiger partial charge in [0.05, 0.1) is 12.2 Å². The normalized spacial score (nSPS) is 13.8. The van der Waals surface area contributed by atoms with Crippen molar-refractivity contribution in [2.45, 2.75) is 20.3 Å². The van der Waals surface area contributed by atoms with Gasteiger partial charge in [0.1, 0.15) is 12.0 Å². The number of carbonyl (C=O) groups excluding carboxylic acids is 3. The Morgan fingerprint density at radius 2 is 1.73 bits per heavy atom. The molecular formula is C22H20O4. The molecule has 0 aromatic heterocycles. The van der Waals surface area contributed by atoms with Crippen LogP contribution < -0.4 is 4.74 Å². The monoisotopic (exact) mass is 348 g/mol. The van der Waals surface area contributed by atoms with E-state index in [4.69, 9.17) is 4.74 Å². The topological polar surface area (TPSA) is 60.4 Å². The highest BCUT2D eigenvalue weighted by atomic mass is 16.5. The number of allylic oxidation sites excluding steroid dienone is 2. The van der Waals surface area contributed by atoms with Crippen LogP contribution in [0.1, 0.15) is 40.1 Å². The Morgan fingerprint density at radius 3 is 2.42 bits per heavy atom. The lowest BCUT2D eigenvalue weighted by atomic mass is 9.76. The summed E-state index contributed by atoms with van der Waals surface area (Å²) in [5.74, 6) is -0.228. The summed E-state index contributed by atoms with van der Waals surface area (Å²) in [7, 11) is 0. The molecule has 0 amide bonds. The SMILES string of the molecule is CC(C)(C=O)C1=CC(=O)c2cccc(OCCc3ccccc3)c2C1=O. The lowest BCUT2D eigenvalue weighted by Gasteiger charge is -2.25. The van der Waals surface area contributed by atoms with Gasteiger partial charge in [-0.1, -0.05) is 42.5 Å². The third-order valence-electron chi connectivity index (χ3n) is 4.52. The molecule has 0 unspecified atom stereocenters. The summed E-state index contributed by atoms with van der Waals surface area (Å²) in [6.07, 6.45) is 2.65. The Balaban J connectivity index is 1.88. The van der Waals surface area contributed by atoms with Gasteiger partial charge in [0.25, 0.3) is 0 Å². The van der Waals surface area contributed by atoms with Crippen LogP contribution in [0.15, 0.2) is 60.2 Å². The maximum atomic E-state index is 13.0. The van der Waals surface area contributed by atoms with Crippen molar-refractivity contribution in [3.05, 3.63) is 76.9 Å². The highest BCUT2D eigenvalue weighted by Gasteiger charge is 2.36. The first-order valence-corrected chi connectivity index (χ1v) is 8.51. The number of benzene rings is 2. The largest absolute Gasteiger partial charge is 0.492 e. The Kier molecular flexibility index (Phi) is 4.85. The fourth-order valence-electron chi connectivity index (χ4n) is 2.97. The van der Waals surface area contributed by atoms with Crippen molar-refractivity contribution in [3.63, 3.8) is 0 Å². The van der Waals surface area contributed by atoms with E-state index in [0.717, 1.165) is 5.56 Å². The Hall–Kier alpha value is -3.01. The van der Waals surface area contributed by atoms with Crippen molar-refractivity contribution in [2.24, 2.45) is 5.41 Å². The molecule has 4 nitrogen and oxygen atoms in total. The van der Waals surface area contributed by atoms with Crippen LogP contribution >= 0.6 is 0 Å². The third-order valence-corrected chi connectivity index (χ3v) is 4.52. The van der Waals surface area contributed by atoms with Crippen molar-refractivity contribution in [2.75, 3.05) is 6.61 Å². The minimum Gasteiger partial charge on any atom is -0.492 e. The van der Waals surface area contributed by atoms with Gasteiger partial charge in [-0.2, -0.15) is 0 Å². The molecule has 0 atom stereocenters. The van der Waals surface area contributed by atoms with Crippen LogP contribution in [0.25, 0.3) is 0 Å². The number of Topliss-reactive ketones (excluding diaryl/α,β-unsaturated/α-hetero) is 1. The zero-order chi connectivity index (χ0) is 18.7. The molecule has 0 saturated heterocycles. The molecule has 0 heterocycles. The lowest BCUT2D eigenvalue weighted by molar-refractivity contribution is -0.113. The summed E-state index contributed by atoms with van der Waals surface area (Å²) in [4.78, 5) is 36.8. The van der Waals surface area contributed by atoms with Crippen molar-refractivity contribution in [3.8, 4) is 5.75 Å². The molecule has 0 aliphatic heterocycles. The van der Waals surface area contributed by atoms with Crippen molar-refractivity contribution in [1.82, 2.24) is 0 Å². The fraction of sp³-hybridized carbons (Fsp3) is 0.227. The van der Waals surface area contributed by atoms with Crippen LogP contribution in [0.5, 0.6) is 5.75 Å². The first-order valence-electron chi connectivity index (χ1n) is 8.51. The second-order valence-corrected chi connectivity index (χ2v) is 6.85. The van der Waals surface area contributed by atoms with Crippen molar-refractivity contribution < 1.29 is 19.1 Å². The molecule has 0 fully saturated rings. The van der Waals surface area contributed by atoms with Gasteiger partial charge in [0.2, 0.25) is 0 Å². The molecule has 0 radical (unpaired) electrons. The number of aldehydes is 1. The first kappa shape index (κ1) is 17.8. The van der Waals surface area contributed by atoms with Crippen LogP contribution in [0, 0.1) is 5.41 Å². The maximum absolute atomic E-state index is 13.0. The van der Waals surface area contributed by atoms with Gasteiger partial charge in [-0.05, 0) is 31.6 Å². The molecule has 0 spiro atoms. The van der Waals surface area contributed by atoms with Crippen LogP contribution in [0.4, 0.5) is 0 Å². The van der Waals surface area contributed by atoms with Gasteiger partial charge in [-0.25, -0.2) is 0 Å². The Morgan fingerprint density at radius 1 is 1.00 bits per heavy atom. The number of fused-ring (bicyclic) bond motifs is 1. The highest BCUT2D eigenvalue weighted by molar-refractivity contribution is 6.26. The number of hydrogen-bond donors (Lipinski definition) is 0. The fourth-order valence-corrected chi connectivity index (χ4v) is 2.97. The van der Waals surface area contributed by atoms with Crippen LogP contribution in [0.2, 0.25) is 0 Å². The molecule has 0 saturated carbocycles. The number of ether oxygens (including phenoxy) is 1. The van der Waals surface area contributed by atoms with Gasteiger partial charge >= 0.3 is 0 Å². The summed E-state index contributed by atoms with van der Waals surface area (Å²) in [6, 6.07) is 14.9. The summed E-state index contributed by atoms with van der Waals surface area (Å²) >= 11 is 0. The maximum Gasteiger partial charge on any atom is 0.194 e.